The Bertz CT molecular complexity index is 1160. The minimum Gasteiger partial charge on any atom is -0.478 e. The summed E-state index contributed by atoms with van der Waals surface area (Å²) in [4.78, 5) is 24.9. The molecular weight excluding hydrogens is 491 g/mol. The Labute approximate surface area is 200 Å². The predicted octanol–water partition coefficient (Wildman–Crippen LogP) is 3.27. The van der Waals surface area contributed by atoms with Crippen LogP contribution in [0.4, 0.5) is 24.5 Å². The number of benzene rings is 2. The molecule has 0 aromatic heterocycles. The summed E-state index contributed by atoms with van der Waals surface area (Å²) in [5, 5.41) is 16.5. The number of aromatic carboxylic acids is 1. The molecule has 2 aromatic rings. The van der Waals surface area contributed by atoms with Crippen LogP contribution < -0.4 is 9.62 Å². The van der Waals surface area contributed by atoms with Crippen molar-refractivity contribution in [3.63, 3.8) is 0 Å². The maximum atomic E-state index is 12.9. The molecule has 1 aliphatic rings. The molecule has 0 radical (unpaired) electrons. The van der Waals surface area contributed by atoms with Gasteiger partial charge in [-0.3, -0.25) is 4.72 Å². The highest BCUT2D eigenvalue weighted by atomic mass is 32.2. The number of halogens is 3. The smallest absolute Gasteiger partial charge is 0.478 e. The lowest BCUT2D eigenvalue weighted by atomic mass is 10.1. The number of likely N-dealkylation sites (N-methyl/N-ethyl adjacent to an activating group) is 1. The number of alkyl halides is 3. The first-order chi connectivity index (χ1) is 16.2. The number of carboxylic acid groups (broad SMARTS) is 2. The van der Waals surface area contributed by atoms with Gasteiger partial charge in [-0.1, -0.05) is 19.1 Å². The zero-order valence-electron chi connectivity index (χ0n) is 19.0. The lowest BCUT2D eigenvalue weighted by Crippen LogP contribution is -2.46. The van der Waals surface area contributed by atoms with Crippen LogP contribution in [0.3, 0.4) is 0 Å². The molecule has 1 aliphatic heterocycles. The van der Waals surface area contributed by atoms with Crippen molar-refractivity contribution in [1.29, 1.82) is 0 Å². The van der Waals surface area contributed by atoms with Gasteiger partial charge in [0.2, 0.25) is 0 Å². The fourth-order valence-corrected chi connectivity index (χ4v) is 4.49. The van der Waals surface area contributed by atoms with E-state index in [2.05, 4.69) is 21.4 Å². The highest BCUT2D eigenvalue weighted by Gasteiger charge is 2.38. The molecule has 3 rings (SSSR count). The summed E-state index contributed by atoms with van der Waals surface area (Å²) in [7, 11) is -3.83. The Morgan fingerprint density at radius 1 is 1.03 bits per heavy atom. The van der Waals surface area contributed by atoms with Crippen molar-refractivity contribution in [3.8, 4) is 0 Å². The van der Waals surface area contributed by atoms with Crippen LogP contribution in [-0.2, 0) is 14.8 Å². The quantitative estimate of drug-likeness (QED) is 0.533. The number of rotatable bonds is 6. The molecule has 9 nitrogen and oxygen atoms in total. The van der Waals surface area contributed by atoms with Crippen molar-refractivity contribution in [2.75, 3.05) is 42.3 Å². The number of sulfonamides is 1. The van der Waals surface area contributed by atoms with Gasteiger partial charge < -0.3 is 20.0 Å². The van der Waals surface area contributed by atoms with Crippen LogP contribution in [0.1, 0.15) is 22.8 Å². The standard InChI is InChI=1S/C20H25N3O4S.C2HF3O2/c1-3-22-9-11-23(12-10-22)19-8-7-16(20(24)25)14-18(19)21-28(26,27)17-6-4-5-15(2)13-17;3-2(4,5)1(6)7/h4-8,13-14,21H,3,9-12H2,1-2H3,(H,24,25);(H,6,7). The molecule has 0 bridgehead atoms. The molecular formula is C22H26F3N3O6S. The van der Waals surface area contributed by atoms with Gasteiger partial charge in [-0.25, -0.2) is 18.0 Å². The number of nitrogens with one attached hydrogen (secondary N) is 1. The third-order valence-electron chi connectivity index (χ3n) is 5.19. The Kier molecular flexibility index (Phi) is 9.10. The molecule has 0 spiro atoms. The number of anilines is 2. The fourth-order valence-electron chi connectivity index (χ4n) is 3.32. The van der Waals surface area contributed by atoms with Gasteiger partial charge in [0.1, 0.15) is 0 Å². The van der Waals surface area contributed by atoms with Crippen LogP contribution in [0.2, 0.25) is 0 Å². The molecule has 0 saturated carbocycles. The second-order valence-corrected chi connectivity index (χ2v) is 9.37. The van der Waals surface area contributed by atoms with E-state index in [1.165, 1.54) is 18.2 Å². The number of carboxylic acids is 2. The maximum Gasteiger partial charge on any atom is 0.490 e. The van der Waals surface area contributed by atoms with Gasteiger partial charge in [0.05, 0.1) is 21.8 Å². The number of aryl methyl sites for hydroxylation is 1. The van der Waals surface area contributed by atoms with Gasteiger partial charge in [-0.2, -0.15) is 13.2 Å². The van der Waals surface area contributed by atoms with E-state index >= 15 is 0 Å². The highest BCUT2D eigenvalue weighted by molar-refractivity contribution is 7.92. The Morgan fingerprint density at radius 2 is 1.63 bits per heavy atom. The van der Waals surface area contributed by atoms with Crippen LogP contribution in [0.15, 0.2) is 47.4 Å². The van der Waals surface area contributed by atoms with E-state index in [-0.39, 0.29) is 16.1 Å². The summed E-state index contributed by atoms with van der Waals surface area (Å²) >= 11 is 0. The normalized spacial score (nSPS) is 14.6. The van der Waals surface area contributed by atoms with Gasteiger partial charge in [0.25, 0.3) is 10.0 Å². The second kappa shape index (κ2) is 11.4. The second-order valence-electron chi connectivity index (χ2n) is 7.68. The molecule has 1 saturated heterocycles. The van der Waals surface area contributed by atoms with Gasteiger partial charge in [-0.15, -0.1) is 0 Å². The minimum atomic E-state index is -5.08. The van der Waals surface area contributed by atoms with Crippen molar-refractivity contribution in [1.82, 2.24) is 4.90 Å². The van der Waals surface area contributed by atoms with E-state index in [0.717, 1.165) is 38.3 Å². The van der Waals surface area contributed by atoms with Crippen LogP contribution in [0.5, 0.6) is 0 Å². The molecule has 2 aromatic carbocycles. The number of aliphatic carboxylic acids is 1. The summed E-state index contributed by atoms with van der Waals surface area (Å²) in [6.07, 6.45) is -5.08. The summed E-state index contributed by atoms with van der Waals surface area (Å²) in [6, 6.07) is 11.2. The lowest BCUT2D eigenvalue weighted by Gasteiger charge is -2.36. The molecule has 13 heteroatoms. The maximum absolute atomic E-state index is 12.9. The molecule has 192 valence electrons. The van der Waals surface area contributed by atoms with E-state index in [1.54, 1.807) is 18.2 Å². The first-order valence-electron chi connectivity index (χ1n) is 10.5. The van der Waals surface area contributed by atoms with Crippen molar-refractivity contribution >= 4 is 33.3 Å². The zero-order chi connectivity index (χ0) is 26.4. The van der Waals surface area contributed by atoms with Crippen LogP contribution in [-0.4, -0.2) is 74.4 Å². The number of hydrogen-bond acceptors (Lipinski definition) is 6. The summed E-state index contributed by atoms with van der Waals surface area (Å²) < 4.78 is 60.1. The fraction of sp³-hybridized carbons (Fsp3) is 0.364. The Balaban J connectivity index is 0.000000540. The average Bonchev–Trinajstić information content (AvgIpc) is 2.78. The molecule has 35 heavy (non-hydrogen) atoms. The van der Waals surface area contributed by atoms with E-state index in [4.69, 9.17) is 9.90 Å². The van der Waals surface area contributed by atoms with Crippen LogP contribution in [0, 0.1) is 6.92 Å². The number of piperazine rings is 1. The lowest BCUT2D eigenvalue weighted by molar-refractivity contribution is -0.192. The SMILES string of the molecule is CCN1CCN(c2ccc(C(=O)O)cc2NS(=O)(=O)c2cccc(C)c2)CC1.O=C(O)C(F)(F)F. The number of hydrogen-bond donors (Lipinski definition) is 3. The largest absolute Gasteiger partial charge is 0.490 e. The predicted molar refractivity (Wildman–Crippen MR) is 123 cm³/mol. The number of nitrogens with zero attached hydrogens (tertiary/aromatic N) is 2. The Morgan fingerprint density at radius 3 is 2.11 bits per heavy atom. The highest BCUT2D eigenvalue weighted by Crippen LogP contribution is 2.30. The molecule has 1 heterocycles. The molecule has 0 atom stereocenters. The van der Waals surface area contributed by atoms with Gasteiger partial charge in [0, 0.05) is 26.2 Å². The molecule has 0 amide bonds. The van der Waals surface area contributed by atoms with E-state index < -0.39 is 28.1 Å². The summed E-state index contributed by atoms with van der Waals surface area (Å²) in [5.74, 6) is -3.86. The van der Waals surface area contributed by atoms with Crippen molar-refractivity contribution < 1.29 is 41.4 Å². The first-order valence-corrected chi connectivity index (χ1v) is 12.0. The average molecular weight is 518 g/mol. The summed E-state index contributed by atoms with van der Waals surface area (Å²) in [6.45, 7) is 8.15. The monoisotopic (exact) mass is 517 g/mol. The molecule has 3 N–H and O–H groups in total. The van der Waals surface area contributed by atoms with E-state index in [0.29, 0.717) is 5.69 Å². The first kappa shape index (κ1) is 27.9. The van der Waals surface area contributed by atoms with E-state index in [1.807, 2.05) is 13.0 Å². The van der Waals surface area contributed by atoms with Gasteiger partial charge in [-0.05, 0) is 49.4 Å². The Hall–Kier alpha value is -3.32. The molecule has 0 aliphatic carbocycles. The van der Waals surface area contributed by atoms with Crippen molar-refractivity contribution in [2.45, 2.75) is 24.9 Å². The minimum absolute atomic E-state index is 0.0397. The van der Waals surface area contributed by atoms with Crippen molar-refractivity contribution in [3.05, 3.63) is 53.6 Å². The van der Waals surface area contributed by atoms with Crippen LogP contribution >= 0.6 is 0 Å². The third-order valence-corrected chi connectivity index (χ3v) is 6.55. The van der Waals surface area contributed by atoms with Gasteiger partial charge in [0.15, 0.2) is 0 Å². The van der Waals surface area contributed by atoms with Crippen LogP contribution in [0.25, 0.3) is 0 Å². The number of carbonyl (C=O) groups is 2. The van der Waals surface area contributed by atoms with E-state index in [9.17, 15) is 31.5 Å². The zero-order valence-corrected chi connectivity index (χ0v) is 19.9. The third kappa shape index (κ3) is 7.86. The topological polar surface area (TPSA) is 127 Å². The van der Waals surface area contributed by atoms with Gasteiger partial charge >= 0.3 is 18.1 Å². The molecule has 0 unspecified atom stereocenters. The summed E-state index contributed by atoms with van der Waals surface area (Å²) in [5.41, 5.74) is 1.85. The molecule has 1 fully saturated rings. The van der Waals surface area contributed by atoms with Crippen molar-refractivity contribution in [2.24, 2.45) is 0 Å².